The summed E-state index contributed by atoms with van der Waals surface area (Å²) >= 11 is 0. The van der Waals surface area contributed by atoms with E-state index in [-0.39, 0.29) is 5.97 Å². The van der Waals surface area contributed by atoms with Crippen molar-refractivity contribution < 1.29 is 9.53 Å². The Morgan fingerprint density at radius 2 is 2.00 bits per heavy atom. The van der Waals surface area contributed by atoms with Gasteiger partial charge in [-0.15, -0.1) is 0 Å². The molecule has 21 heavy (non-hydrogen) atoms. The van der Waals surface area contributed by atoms with Crippen molar-refractivity contribution >= 4 is 11.7 Å². The Morgan fingerprint density at radius 3 is 2.76 bits per heavy atom. The Kier molecular flexibility index (Phi) is 3.91. The smallest absolute Gasteiger partial charge is 0.337 e. The predicted octanol–water partition coefficient (Wildman–Crippen LogP) is 3.96. The molecule has 0 saturated heterocycles. The molecule has 0 spiro atoms. The van der Waals surface area contributed by atoms with Crippen LogP contribution in [0.25, 0.3) is 0 Å². The molecule has 1 fully saturated rings. The highest BCUT2D eigenvalue weighted by molar-refractivity contribution is 5.90. The molecule has 0 bridgehead atoms. The van der Waals surface area contributed by atoms with Crippen LogP contribution in [-0.4, -0.2) is 13.1 Å². The van der Waals surface area contributed by atoms with Crippen LogP contribution in [0.15, 0.2) is 48.5 Å². The average molecular weight is 281 g/mol. The van der Waals surface area contributed by atoms with Crippen molar-refractivity contribution in [2.24, 2.45) is 0 Å². The first-order valence-electron chi connectivity index (χ1n) is 7.28. The van der Waals surface area contributed by atoms with Gasteiger partial charge in [0.2, 0.25) is 0 Å². The van der Waals surface area contributed by atoms with Gasteiger partial charge in [0.05, 0.1) is 12.7 Å². The topological polar surface area (TPSA) is 38.3 Å². The molecule has 2 aromatic carbocycles. The summed E-state index contributed by atoms with van der Waals surface area (Å²) in [5.74, 6) is 0.432. The number of anilines is 1. The highest BCUT2D eigenvalue weighted by Crippen LogP contribution is 2.41. The minimum absolute atomic E-state index is 0.308. The molecule has 0 heterocycles. The fourth-order valence-electron chi connectivity index (χ4n) is 2.56. The van der Waals surface area contributed by atoms with E-state index in [1.165, 1.54) is 31.1 Å². The van der Waals surface area contributed by atoms with Crippen LogP contribution in [0.5, 0.6) is 0 Å². The third kappa shape index (κ3) is 3.24. The molecule has 0 unspecified atom stereocenters. The Balaban J connectivity index is 1.72. The van der Waals surface area contributed by atoms with Gasteiger partial charge in [-0.1, -0.05) is 30.3 Å². The Bertz CT molecular complexity index is 647. The zero-order valence-corrected chi connectivity index (χ0v) is 12.1. The second-order valence-corrected chi connectivity index (χ2v) is 5.40. The van der Waals surface area contributed by atoms with E-state index in [1.54, 1.807) is 6.07 Å². The molecule has 1 saturated carbocycles. The molecule has 0 radical (unpaired) electrons. The predicted molar refractivity (Wildman–Crippen MR) is 83.5 cm³/mol. The summed E-state index contributed by atoms with van der Waals surface area (Å²) in [5, 5.41) is 3.40. The molecule has 1 N–H and O–H groups in total. The quantitative estimate of drug-likeness (QED) is 0.843. The molecule has 1 aliphatic carbocycles. The van der Waals surface area contributed by atoms with E-state index in [4.69, 9.17) is 4.74 Å². The van der Waals surface area contributed by atoms with Gasteiger partial charge in [0.15, 0.2) is 0 Å². The third-order valence-electron chi connectivity index (χ3n) is 3.84. The van der Waals surface area contributed by atoms with Crippen LogP contribution in [0.2, 0.25) is 0 Å². The van der Waals surface area contributed by atoms with E-state index >= 15 is 0 Å². The highest BCUT2D eigenvalue weighted by atomic mass is 16.5. The molecule has 0 amide bonds. The van der Waals surface area contributed by atoms with Crippen molar-refractivity contribution in [3.8, 4) is 0 Å². The van der Waals surface area contributed by atoms with E-state index in [0.29, 0.717) is 5.56 Å². The lowest BCUT2D eigenvalue weighted by Crippen LogP contribution is -2.05. The first-order valence-corrected chi connectivity index (χ1v) is 7.28. The summed E-state index contributed by atoms with van der Waals surface area (Å²) < 4.78 is 4.75. The monoisotopic (exact) mass is 281 g/mol. The van der Waals surface area contributed by atoms with Crippen LogP contribution >= 0.6 is 0 Å². The number of rotatable bonds is 5. The normalized spacial score (nSPS) is 13.8. The first-order chi connectivity index (χ1) is 10.3. The van der Waals surface area contributed by atoms with E-state index in [0.717, 1.165) is 18.2 Å². The lowest BCUT2D eigenvalue weighted by Gasteiger charge is -2.11. The second kappa shape index (κ2) is 6.00. The molecule has 3 nitrogen and oxygen atoms in total. The van der Waals surface area contributed by atoms with Crippen molar-refractivity contribution in [2.75, 3.05) is 12.4 Å². The molecule has 3 heteroatoms. The number of carbonyl (C=O) groups is 1. The summed E-state index contributed by atoms with van der Waals surface area (Å²) in [5.41, 5.74) is 4.29. The molecular weight excluding hydrogens is 262 g/mol. The van der Waals surface area contributed by atoms with Crippen molar-refractivity contribution in [1.82, 2.24) is 0 Å². The Hall–Kier alpha value is -2.29. The van der Waals surface area contributed by atoms with Gasteiger partial charge in [0.25, 0.3) is 0 Å². The van der Waals surface area contributed by atoms with Gasteiger partial charge >= 0.3 is 5.97 Å². The number of benzene rings is 2. The fraction of sp³-hybridized carbons (Fsp3) is 0.278. The van der Waals surface area contributed by atoms with Crippen LogP contribution < -0.4 is 5.32 Å². The van der Waals surface area contributed by atoms with Gasteiger partial charge in [-0.3, -0.25) is 0 Å². The minimum Gasteiger partial charge on any atom is -0.465 e. The van der Waals surface area contributed by atoms with E-state index in [2.05, 4.69) is 29.6 Å². The second-order valence-electron chi connectivity index (χ2n) is 5.40. The maximum absolute atomic E-state index is 11.5. The zero-order valence-electron chi connectivity index (χ0n) is 12.1. The Morgan fingerprint density at radius 1 is 1.19 bits per heavy atom. The van der Waals surface area contributed by atoms with Crippen molar-refractivity contribution in [2.45, 2.75) is 25.3 Å². The SMILES string of the molecule is COC(=O)c1cccc(NCc2ccccc2C2CC2)c1. The number of hydrogen-bond acceptors (Lipinski definition) is 3. The number of esters is 1. The molecule has 0 aromatic heterocycles. The van der Waals surface area contributed by atoms with Gasteiger partial charge in [0.1, 0.15) is 0 Å². The minimum atomic E-state index is -0.308. The van der Waals surface area contributed by atoms with Crippen LogP contribution in [0, 0.1) is 0 Å². The van der Waals surface area contributed by atoms with Gasteiger partial charge < -0.3 is 10.1 Å². The van der Waals surface area contributed by atoms with Gasteiger partial charge in [-0.05, 0) is 48.1 Å². The summed E-state index contributed by atoms with van der Waals surface area (Å²) in [7, 11) is 1.40. The van der Waals surface area contributed by atoms with Gasteiger partial charge in [-0.25, -0.2) is 4.79 Å². The van der Waals surface area contributed by atoms with Gasteiger partial charge in [-0.2, -0.15) is 0 Å². The maximum atomic E-state index is 11.5. The number of ether oxygens (including phenoxy) is 1. The Labute approximate surface area is 124 Å². The van der Waals surface area contributed by atoms with E-state index < -0.39 is 0 Å². The van der Waals surface area contributed by atoms with Crippen molar-refractivity contribution in [1.29, 1.82) is 0 Å². The average Bonchev–Trinajstić information content (AvgIpc) is 3.37. The number of hydrogen-bond donors (Lipinski definition) is 1. The highest BCUT2D eigenvalue weighted by Gasteiger charge is 2.25. The van der Waals surface area contributed by atoms with Crippen LogP contribution in [0.1, 0.15) is 40.2 Å². The number of methoxy groups -OCH3 is 1. The summed E-state index contributed by atoms with van der Waals surface area (Å²) in [6, 6.07) is 16.0. The maximum Gasteiger partial charge on any atom is 0.337 e. The zero-order chi connectivity index (χ0) is 14.7. The van der Waals surface area contributed by atoms with Crippen LogP contribution in [0.4, 0.5) is 5.69 Å². The molecular formula is C18H19NO2. The van der Waals surface area contributed by atoms with Crippen LogP contribution in [0.3, 0.4) is 0 Å². The first kappa shape index (κ1) is 13.7. The summed E-state index contributed by atoms with van der Waals surface area (Å²) in [6.07, 6.45) is 2.60. The molecule has 1 aliphatic rings. The van der Waals surface area contributed by atoms with Crippen LogP contribution in [-0.2, 0) is 11.3 Å². The lowest BCUT2D eigenvalue weighted by atomic mass is 10.0. The summed E-state index contributed by atoms with van der Waals surface area (Å²) in [6.45, 7) is 0.775. The molecule has 3 rings (SSSR count). The largest absolute Gasteiger partial charge is 0.465 e. The summed E-state index contributed by atoms with van der Waals surface area (Å²) in [4.78, 5) is 11.5. The molecule has 2 aromatic rings. The fourth-order valence-corrected chi connectivity index (χ4v) is 2.56. The molecule has 0 atom stereocenters. The lowest BCUT2D eigenvalue weighted by molar-refractivity contribution is 0.0601. The number of carbonyl (C=O) groups excluding carboxylic acids is 1. The number of nitrogens with one attached hydrogen (secondary N) is 1. The molecule has 108 valence electrons. The molecule has 0 aliphatic heterocycles. The van der Waals surface area contributed by atoms with Crippen molar-refractivity contribution in [3.63, 3.8) is 0 Å². The van der Waals surface area contributed by atoms with Crippen molar-refractivity contribution in [3.05, 3.63) is 65.2 Å². The van der Waals surface area contributed by atoms with E-state index in [9.17, 15) is 4.79 Å². The third-order valence-corrected chi connectivity index (χ3v) is 3.84. The van der Waals surface area contributed by atoms with E-state index in [1.807, 2.05) is 18.2 Å². The van der Waals surface area contributed by atoms with Gasteiger partial charge in [0, 0.05) is 12.2 Å². The standard InChI is InChI=1S/C18H19NO2/c1-21-18(20)14-6-4-7-16(11-14)19-12-15-5-2-3-8-17(15)13-9-10-13/h2-8,11,13,19H,9-10,12H2,1H3.